The number of nitrogens with zero attached hydrogens (tertiary/aromatic N) is 1. The molecule has 0 bridgehead atoms. The molecule has 0 saturated heterocycles. The quantitative estimate of drug-likeness (QED) is 0.733. The molecule has 23 heavy (non-hydrogen) atoms. The Balaban J connectivity index is 1.59. The van der Waals surface area contributed by atoms with Gasteiger partial charge in [-0.1, -0.05) is 30.3 Å². The summed E-state index contributed by atoms with van der Waals surface area (Å²) in [4.78, 5) is 16.5. The molecule has 1 heterocycles. The van der Waals surface area contributed by atoms with Crippen LogP contribution < -0.4 is 10.6 Å². The number of aryl methyl sites for hydroxylation is 1. The van der Waals surface area contributed by atoms with Crippen LogP contribution in [-0.4, -0.2) is 10.9 Å². The summed E-state index contributed by atoms with van der Waals surface area (Å²) in [6.07, 6.45) is 0.265. The second-order valence-electron chi connectivity index (χ2n) is 5.23. The van der Waals surface area contributed by atoms with E-state index in [0.29, 0.717) is 0 Å². The number of hydrogen-bond acceptors (Lipinski definition) is 4. The van der Waals surface area contributed by atoms with Crippen molar-refractivity contribution in [3.8, 4) is 0 Å². The van der Waals surface area contributed by atoms with E-state index in [9.17, 15) is 4.79 Å². The van der Waals surface area contributed by atoms with Crippen molar-refractivity contribution in [3.05, 3.63) is 71.2 Å². The van der Waals surface area contributed by atoms with E-state index < -0.39 is 0 Å². The fourth-order valence-corrected chi connectivity index (χ4v) is 2.91. The molecule has 116 valence electrons. The molecule has 1 aromatic heterocycles. The molecular formula is C18H17N3OS. The molecule has 2 aromatic carbocycles. The van der Waals surface area contributed by atoms with E-state index in [1.807, 2.05) is 66.9 Å². The Kier molecular flexibility index (Phi) is 4.68. The Morgan fingerprint density at radius 3 is 2.65 bits per heavy atom. The Morgan fingerprint density at radius 1 is 1.09 bits per heavy atom. The van der Waals surface area contributed by atoms with Crippen LogP contribution in [0.1, 0.15) is 11.3 Å². The summed E-state index contributed by atoms with van der Waals surface area (Å²) in [7, 11) is 0. The number of amides is 1. The van der Waals surface area contributed by atoms with Gasteiger partial charge in [-0.05, 0) is 36.8 Å². The third-order valence-corrected chi connectivity index (χ3v) is 4.03. The van der Waals surface area contributed by atoms with Crippen LogP contribution in [0.5, 0.6) is 0 Å². The molecule has 5 heteroatoms. The maximum atomic E-state index is 12.1. The maximum absolute atomic E-state index is 12.1. The van der Waals surface area contributed by atoms with Crippen molar-refractivity contribution in [1.82, 2.24) is 4.98 Å². The van der Waals surface area contributed by atoms with Crippen molar-refractivity contribution in [2.24, 2.45) is 0 Å². The van der Waals surface area contributed by atoms with Crippen LogP contribution in [0, 0.1) is 6.92 Å². The third-order valence-electron chi connectivity index (χ3n) is 3.22. The zero-order chi connectivity index (χ0) is 16.1. The molecule has 0 aliphatic rings. The largest absolute Gasteiger partial charge is 0.332 e. The molecule has 0 aliphatic heterocycles. The Morgan fingerprint density at radius 2 is 1.87 bits per heavy atom. The lowest BCUT2D eigenvalue weighted by molar-refractivity contribution is -0.115. The molecular weight excluding hydrogens is 306 g/mol. The number of nitrogens with one attached hydrogen (secondary N) is 2. The normalized spacial score (nSPS) is 10.3. The van der Waals surface area contributed by atoms with E-state index in [-0.39, 0.29) is 12.3 Å². The summed E-state index contributed by atoms with van der Waals surface area (Å²) in [6, 6.07) is 17.6. The number of carbonyl (C=O) groups excluding carboxylic acids is 1. The first-order valence-electron chi connectivity index (χ1n) is 7.32. The minimum Gasteiger partial charge on any atom is -0.332 e. The first kappa shape index (κ1) is 15.2. The summed E-state index contributed by atoms with van der Waals surface area (Å²) in [5.74, 6) is -0.0628. The number of carbonyl (C=O) groups is 1. The predicted molar refractivity (Wildman–Crippen MR) is 95.4 cm³/mol. The molecule has 0 radical (unpaired) electrons. The number of anilines is 3. The molecule has 0 fully saturated rings. The van der Waals surface area contributed by atoms with E-state index in [2.05, 4.69) is 15.6 Å². The van der Waals surface area contributed by atoms with Gasteiger partial charge in [-0.15, -0.1) is 11.3 Å². The van der Waals surface area contributed by atoms with Gasteiger partial charge in [-0.2, -0.15) is 0 Å². The lowest BCUT2D eigenvalue weighted by Gasteiger charge is -2.04. The van der Waals surface area contributed by atoms with Crippen LogP contribution in [-0.2, 0) is 11.2 Å². The van der Waals surface area contributed by atoms with Gasteiger partial charge in [0.25, 0.3) is 0 Å². The first-order chi connectivity index (χ1) is 11.2. The smallest absolute Gasteiger partial charge is 0.230 e. The third kappa shape index (κ3) is 4.40. The fraction of sp³-hybridized carbons (Fsp3) is 0.111. The highest BCUT2D eigenvalue weighted by molar-refractivity contribution is 7.13. The fourth-order valence-electron chi connectivity index (χ4n) is 2.18. The zero-order valence-corrected chi connectivity index (χ0v) is 13.6. The Labute approximate surface area is 139 Å². The second-order valence-corrected chi connectivity index (χ2v) is 6.09. The highest BCUT2D eigenvalue weighted by atomic mass is 32.1. The minimum atomic E-state index is -0.0628. The number of rotatable bonds is 5. The molecule has 3 rings (SSSR count). The lowest BCUT2D eigenvalue weighted by atomic mass is 10.2. The number of benzene rings is 2. The Bertz CT molecular complexity index is 799. The predicted octanol–water partition coefficient (Wildman–Crippen LogP) is 4.38. The summed E-state index contributed by atoms with van der Waals surface area (Å²) in [6.45, 7) is 2.00. The highest BCUT2D eigenvalue weighted by Gasteiger charge is 2.08. The minimum absolute atomic E-state index is 0.0628. The van der Waals surface area contributed by atoms with Crippen molar-refractivity contribution in [2.75, 3.05) is 10.6 Å². The van der Waals surface area contributed by atoms with Crippen LogP contribution in [0.3, 0.4) is 0 Å². The van der Waals surface area contributed by atoms with Gasteiger partial charge in [-0.3, -0.25) is 4.79 Å². The average molecular weight is 323 g/mol. The van der Waals surface area contributed by atoms with Crippen molar-refractivity contribution in [1.29, 1.82) is 0 Å². The van der Waals surface area contributed by atoms with Crippen LogP contribution >= 0.6 is 11.3 Å². The van der Waals surface area contributed by atoms with Crippen molar-refractivity contribution < 1.29 is 4.79 Å². The SMILES string of the molecule is Cc1cccc(NC(=O)Cc2csc(Nc3ccccc3)n2)c1. The van der Waals surface area contributed by atoms with E-state index in [0.717, 1.165) is 27.8 Å². The van der Waals surface area contributed by atoms with Crippen LogP contribution in [0.2, 0.25) is 0 Å². The van der Waals surface area contributed by atoms with Crippen LogP contribution in [0.15, 0.2) is 60.0 Å². The number of aromatic nitrogens is 1. The van der Waals surface area contributed by atoms with E-state index >= 15 is 0 Å². The molecule has 0 atom stereocenters. The summed E-state index contributed by atoms with van der Waals surface area (Å²) in [5.41, 5.74) is 3.68. The van der Waals surface area contributed by atoms with Gasteiger partial charge in [0, 0.05) is 16.8 Å². The molecule has 0 spiro atoms. The second kappa shape index (κ2) is 7.07. The zero-order valence-electron chi connectivity index (χ0n) is 12.7. The summed E-state index contributed by atoms with van der Waals surface area (Å²) >= 11 is 1.49. The van der Waals surface area contributed by atoms with Gasteiger partial charge in [0.05, 0.1) is 12.1 Å². The topological polar surface area (TPSA) is 54.0 Å². The van der Waals surface area contributed by atoms with E-state index in [4.69, 9.17) is 0 Å². The maximum Gasteiger partial charge on any atom is 0.230 e. The van der Waals surface area contributed by atoms with Crippen LogP contribution in [0.25, 0.3) is 0 Å². The Hall–Kier alpha value is -2.66. The standard InChI is InChI=1S/C18H17N3OS/c1-13-6-5-9-15(10-13)19-17(22)11-16-12-23-18(21-16)20-14-7-3-2-4-8-14/h2-10,12H,11H2,1H3,(H,19,22)(H,20,21). The number of thiazole rings is 1. The number of hydrogen-bond donors (Lipinski definition) is 2. The van der Waals surface area contributed by atoms with E-state index in [1.165, 1.54) is 11.3 Å². The molecule has 0 saturated carbocycles. The summed E-state index contributed by atoms with van der Waals surface area (Å²) in [5, 5.41) is 8.82. The average Bonchev–Trinajstić information content (AvgIpc) is 2.95. The van der Waals surface area contributed by atoms with Gasteiger partial charge < -0.3 is 10.6 Å². The van der Waals surface area contributed by atoms with Crippen molar-refractivity contribution >= 4 is 33.8 Å². The molecule has 3 aromatic rings. The molecule has 2 N–H and O–H groups in total. The number of para-hydroxylation sites is 1. The van der Waals surface area contributed by atoms with Crippen molar-refractivity contribution in [2.45, 2.75) is 13.3 Å². The van der Waals surface area contributed by atoms with Gasteiger partial charge >= 0.3 is 0 Å². The van der Waals surface area contributed by atoms with Gasteiger partial charge in [0.15, 0.2) is 5.13 Å². The summed E-state index contributed by atoms with van der Waals surface area (Å²) < 4.78 is 0. The van der Waals surface area contributed by atoms with Crippen molar-refractivity contribution in [3.63, 3.8) is 0 Å². The van der Waals surface area contributed by atoms with Crippen LogP contribution in [0.4, 0.5) is 16.5 Å². The first-order valence-corrected chi connectivity index (χ1v) is 8.20. The molecule has 1 amide bonds. The van der Waals surface area contributed by atoms with Gasteiger partial charge in [0.1, 0.15) is 0 Å². The van der Waals surface area contributed by atoms with Gasteiger partial charge in [0.2, 0.25) is 5.91 Å². The van der Waals surface area contributed by atoms with Gasteiger partial charge in [-0.25, -0.2) is 4.98 Å². The monoisotopic (exact) mass is 323 g/mol. The molecule has 0 aliphatic carbocycles. The highest BCUT2D eigenvalue weighted by Crippen LogP contribution is 2.21. The molecule has 4 nitrogen and oxygen atoms in total. The lowest BCUT2D eigenvalue weighted by Crippen LogP contribution is -2.14. The van der Waals surface area contributed by atoms with E-state index in [1.54, 1.807) is 0 Å². The molecule has 0 unspecified atom stereocenters.